The predicted octanol–water partition coefficient (Wildman–Crippen LogP) is 4.45. The van der Waals surface area contributed by atoms with E-state index < -0.39 is 24.1 Å². The van der Waals surface area contributed by atoms with Crippen LogP contribution in [-0.4, -0.2) is 29.9 Å². The zero-order valence-corrected chi connectivity index (χ0v) is 16.0. The van der Waals surface area contributed by atoms with Gasteiger partial charge in [0, 0.05) is 11.6 Å². The molecule has 7 nitrogen and oxygen atoms in total. The van der Waals surface area contributed by atoms with Gasteiger partial charge in [-0.05, 0) is 30.4 Å². The third-order valence-electron chi connectivity index (χ3n) is 5.08. The first-order valence-electron chi connectivity index (χ1n) is 9.69. The molecule has 0 unspecified atom stereocenters. The molecule has 1 aliphatic rings. The number of nitrogens with zero attached hydrogens (tertiary/aromatic N) is 1. The second-order valence-electron chi connectivity index (χ2n) is 7.05. The van der Waals surface area contributed by atoms with Crippen molar-refractivity contribution in [3.05, 3.63) is 69.8 Å². The highest BCUT2D eigenvalue weighted by molar-refractivity contribution is 5.98. The van der Waals surface area contributed by atoms with E-state index in [4.69, 9.17) is 9.47 Å². The molecule has 0 heterocycles. The Morgan fingerprint density at radius 1 is 0.966 bits per heavy atom. The molecule has 0 aliphatic heterocycles. The summed E-state index contributed by atoms with van der Waals surface area (Å²) >= 11 is 0. The minimum absolute atomic E-state index is 0.0286. The molecule has 152 valence electrons. The van der Waals surface area contributed by atoms with Crippen LogP contribution >= 0.6 is 0 Å². The molecule has 0 aromatic heterocycles. The Bertz CT molecular complexity index is 871. The second-order valence-corrected chi connectivity index (χ2v) is 7.05. The molecule has 0 bridgehead atoms. The summed E-state index contributed by atoms with van der Waals surface area (Å²) in [7, 11) is 0. The van der Waals surface area contributed by atoms with Crippen LogP contribution in [0.25, 0.3) is 0 Å². The van der Waals surface area contributed by atoms with Crippen LogP contribution in [0.4, 0.5) is 5.69 Å². The van der Waals surface area contributed by atoms with Gasteiger partial charge < -0.3 is 9.47 Å². The third-order valence-corrected chi connectivity index (χ3v) is 5.08. The van der Waals surface area contributed by atoms with Crippen molar-refractivity contribution in [2.24, 2.45) is 0 Å². The SMILES string of the molecule is O=C(COc1ccccc1[N+](=O)[O-])OCC(=O)c1ccc(C2CCCCC2)cc1. The number of nitro groups is 1. The Kier molecular flexibility index (Phi) is 6.94. The molecule has 0 spiro atoms. The van der Waals surface area contributed by atoms with Crippen molar-refractivity contribution >= 4 is 17.4 Å². The van der Waals surface area contributed by atoms with Crippen molar-refractivity contribution < 1.29 is 24.0 Å². The van der Waals surface area contributed by atoms with Crippen molar-refractivity contribution in [3.8, 4) is 5.75 Å². The quantitative estimate of drug-likeness (QED) is 0.283. The maximum absolute atomic E-state index is 12.2. The average molecular weight is 397 g/mol. The number of rotatable bonds is 8. The van der Waals surface area contributed by atoms with Crippen molar-refractivity contribution in [1.82, 2.24) is 0 Å². The minimum atomic E-state index is -0.768. The van der Waals surface area contributed by atoms with Crippen molar-refractivity contribution in [1.29, 1.82) is 0 Å². The number of ketones is 1. The van der Waals surface area contributed by atoms with Gasteiger partial charge in [0.2, 0.25) is 0 Å². The van der Waals surface area contributed by atoms with Crippen molar-refractivity contribution in [3.63, 3.8) is 0 Å². The van der Waals surface area contributed by atoms with Crippen molar-refractivity contribution in [2.45, 2.75) is 38.0 Å². The molecule has 2 aromatic carbocycles. The highest BCUT2D eigenvalue weighted by Crippen LogP contribution is 2.32. The molecular weight excluding hydrogens is 374 g/mol. The fourth-order valence-corrected chi connectivity index (χ4v) is 3.51. The smallest absolute Gasteiger partial charge is 0.344 e. The number of nitro benzene ring substituents is 1. The van der Waals surface area contributed by atoms with E-state index in [2.05, 4.69) is 0 Å². The van der Waals surface area contributed by atoms with E-state index in [9.17, 15) is 19.7 Å². The van der Waals surface area contributed by atoms with Gasteiger partial charge in [-0.1, -0.05) is 55.7 Å². The summed E-state index contributed by atoms with van der Waals surface area (Å²) in [5.41, 5.74) is 1.49. The standard InChI is InChI=1S/C22H23NO6/c24-20(18-12-10-17(11-13-18)16-6-2-1-3-7-16)14-29-22(25)15-28-21-9-5-4-8-19(21)23(26)27/h4-5,8-13,16H,1-3,6-7,14-15H2. The van der Waals surface area contributed by atoms with Gasteiger partial charge in [-0.25, -0.2) is 4.79 Å². The Morgan fingerprint density at radius 2 is 1.66 bits per heavy atom. The first kappa shape index (κ1) is 20.5. The summed E-state index contributed by atoms with van der Waals surface area (Å²) in [6, 6.07) is 13.2. The van der Waals surface area contributed by atoms with E-state index in [1.54, 1.807) is 18.2 Å². The molecule has 3 rings (SSSR count). The summed E-state index contributed by atoms with van der Waals surface area (Å²) in [6.45, 7) is -0.916. The fourth-order valence-electron chi connectivity index (χ4n) is 3.51. The Morgan fingerprint density at radius 3 is 2.34 bits per heavy atom. The summed E-state index contributed by atoms with van der Waals surface area (Å²) in [6.07, 6.45) is 6.15. The highest BCUT2D eigenvalue weighted by atomic mass is 16.6. The number of carbonyl (C=O) groups is 2. The number of para-hydroxylation sites is 2. The lowest BCUT2D eigenvalue weighted by molar-refractivity contribution is -0.385. The number of carbonyl (C=O) groups excluding carboxylic acids is 2. The number of esters is 1. The van der Waals surface area contributed by atoms with Crippen LogP contribution in [0.5, 0.6) is 5.75 Å². The molecule has 2 aromatic rings. The number of hydrogen-bond donors (Lipinski definition) is 0. The molecule has 1 aliphatic carbocycles. The zero-order chi connectivity index (χ0) is 20.6. The van der Waals surface area contributed by atoms with Crippen LogP contribution in [0.1, 0.15) is 53.9 Å². The molecule has 0 amide bonds. The Labute approximate surface area is 168 Å². The topological polar surface area (TPSA) is 95.7 Å². The molecular formula is C22H23NO6. The lowest BCUT2D eigenvalue weighted by Gasteiger charge is -2.22. The number of benzene rings is 2. The van der Waals surface area contributed by atoms with E-state index >= 15 is 0 Å². The summed E-state index contributed by atoms with van der Waals surface area (Å²) in [5.74, 6) is -0.543. The van der Waals surface area contributed by atoms with Crippen LogP contribution in [0.15, 0.2) is 48.5 Å². The van der Waals surface area contributed by atoms with Gasteiger partial charge in [-0.3, -0.25) is 14.9 Å². The van der Waals surface area contributed by atoms with Crippen LogP contribution < -0.4 is 4.74 Å². The van der Waals surface area contributed by atoms with Crippen LogP contribution in [0.2, 0.25) is 0 Å². The Hall–Kier alpha value is -3.22. The molecule has 1 fully saturated rings. The number of hydrogen-bond acceptors (Lipinski definition) is 6. The lowest BCUT2D eigenvalue weighted by Crippen LogP contribution is -2.19. The zero-order valence-electron chi connectivity index (χ0n) is 16.0. The first-order chi connectivity index (χ1) is 14.0. The van der Waals surface area contributed by atoms with E-state index in [1.165, 1.54) is 55.9 Å². The number of Topliss-reactive ketones (excluding diaryl/α,β-unsaturated/α-hetero) is 1. The van der Waals surface area contributed by atoms with Gasteiger partial charge in [0.1, 0.15) is 0 Å². The molecule has 0 N–H and O–H groups in total. The van der Waals surface area contributed by atoms with Gasteiger partial charge in [0.15, 0.2) is 24.7 Å². The Balaban J connectivity index is 1.47. The van der Waals surface area contributed by atoms with Gasteiger partial charge in [0.05, 0.1) is 4.92 Å². The molecule has 7 heteroatoms. The molecule has 1 saturated carbocycles. The van der Waals surface area contributed by atoms with E-state index in [0.29, 0.717) is 11.5 Å². The molecule has 29 heavy (non-hydrogen) atoms. The van der Waals surface area contributed by atoms with E-state index in [-0.39, 0.29) is 17.2 Å². The predicted molar refractivity (Wildman–Crippen MR) is 106 cm³/mol. The largest absolute Gasteiger partial charge is 0.475 e. The highest BCUT2D eigenvalue weighted by Gasteiger charge is 2.18. The maximum Gasteiger partial charge on any atom is 0.344 e. The maximum atomic E-state index is 12.2. The third kappa shape index (κ3) is 5.63. The van der Waals surface area contributed by atoms with Gasteiger partial charge in [-0.15, -0.1) is 0 Å². The van der Waals surface area contributed by atoms with Crippen LogP contribution in [-0.2, 0) is 9.53 Å². The lowest BCUT2D eigenvalue weighted by atomic mass is 9.84. The monoisotopic (exact) mass is 397 g/mol. The fraction of sp³-hybridized carbons (Fsp3) is 0.364. The number of ether oxygens (including phenoxy) is 2. The van der Waals surface area contributed by atoms with Crippen LogP contribution in [0, 0.1) is 10.1 Å². The summed E-state index contributed by atoms with van der Waals surface area (Å²) in [5, 5.41) is 10.9. The van der Waals surface area contributed by atoms with Gasteiger partial charge in [0.25, 0.3) is 0 Å². The van der Waals surface area contributed by atoms with Gasteiger partial charge in [-0.2, -0.15) is 0 Å². The normalized spacial score (nSPS) is 14.2. The summed E-state index contributed by atoms with van der Waals surface area (Å²) < 4.78 is 10.1. The van der Waals surface area contributed by atoms with Gasteiger partial charge >= 0.3 is 11.7 Å². The second kappa shape index (κ2) is 9.82. The van der Waals surface area contributed by atoms with Crippen LogP contribution in [0.3, 0.4) is 0 Å². The minimum Gasteiger partial charge on any atom is -0.475 e. The van der Waals surface area contributed by atoms with E-state index in [1.807, 2.05) is 12.1 Å². The van der Waals surface area contributed by atoms with E-state index in [0.717, 1.165) is 0 Å². The summed E-state index contributed by atoms with van der Waals surface area (Å²) in [4.78, 5) is 34.4. The first-order valence-corrected chi connectivity index (χ1v) is 9.69. The molecule has 0 atom stereocenters. The average Bonchev–Trinajstić information content (AvgIpc) is 2.77. The van der Waals surface area contributed by atoms with Crippen molar-refractivity contribution in [2.75, 3.05) is 13.2 Å². The molecule has 0 saturated heterocycles. The molecule has 0 radical (unpaired) electrons.